The molecule has 1 amide bonds. The van der Waals surface area contributed by atoms with E-state index in [0.717, 1.165) is 36.0 Å². The molecule has 1 heterocycles. The summed E-state index contributed by atoms with van der Waals surface area (Å²) in [5.74, 6) is 0.538. The highest BCUT2D eigenvalue weighted by molar-refractivity contribution is 9.10. The number of halogens is 2. The van der Waals surface area contributed by atoms with Crippen LogP contribution in [0.2, 0.25) is 0 Å². The molecule has 2 N–H and O–H groups in total. The smallest absolute Gasteiger partial charge is 0.253 e. The van der Waals surface area contributed by atoms with Crippen LogP contribution in [0.1, 0.15) is 30.1 Å². The average Bonchev–Trinajstić information content (AvgIpc) is 2.38. The molecule has 2 atom stereocenters. The average molecular weight is 348 g/mol. The van der Waals surface area contributed by atoms with Crippen molar-refractivity contribution in [1.82, 2.24) is 4.90 Å². The van der Waals surface area contributed by atoms with Crippen LogP contribution in [-0.2, 0) is 0 Å². The summed E-state index contributed by atoms with van der Waals surface area (Å²) in [5, 5.41) is 0. The summed E-state index contributed by atoms with van der Waals surface area (Å²) in [6, 6.07) is 7.71. The Hall–Kier alpha value is -0.580. The summed E-state index contributed by atoms with van der Waals surface area (Å²) in [4.78, 5) is 14.3. The Bertz CT molecular complexity index is 439. The van der Waals surface area contributed by atoms with Crippen LogP contribution in [0.5, 0.6) is 0 Å². The lowest BCUT2D eigenvalue weighted by molar-refractivity contribution is 0.0661. The normalized spacial score (nSPS) is 20.6. The van der Waals surface area contributed by atoms with E-state index in [2.05, 4.69) is 15.9 Å². The van der Waals surface area contributed by atoms with Gasteiger partial charge in [-0.05, 0) is 43.9 Å². The third-order valence-electron chi connectivity index (χ3n) is 3.56. The van der Waals surface area contributed by atoms with Crippen molar-refractivity contribution in [3.05, 3.63) is 34.3 Å². The Labute approximate surface area is 129 Å². The van der Waals surface area contributed by atoms with Crippen LogP contribution in [0.15, 0.2) is 28.7 Å². The van der Waals surface area contributed by atoms with Gasteiger partial charge in [0.25, 0.3) is 5.91 Å². The molecule has 0 bridgehead atoms. The molecule has 3 nitrogen and oxygen atoms in total. The van der Waals surface area contributed by atoms with Gasteiger partial charge < -0.3 is 10.6 Å². The number of piperidine rings is 1. The minimum Gasteiger partial charge on any atom is -0.338 e. The molecule has 0 aliphatic carbocycles. The molecule has 1 aliphatic rings. The molecule has 106 valence electrons. The van der Waals surface area contributed by atoms with Gasteiger partial charge in [0.2, 0.25) is 0 Å². The first kappa shape index (κ1) is 16.5. The van der Waals surface area contributed by atoms with Crippen molar-refractivity contribution in [2.75, 3.05) is 13.1 Å². The highest BCUT2D eigenvalue weighted by Crippen LogP contribution is 2.21. The van der Waals surface area contributed by atoms with E-state index >= 15 is 0 Å². The number of rotatable bonds is 2. The van der Waals surface area contributed by atoms with E-state index in [1.807, 2.05) is 36.1 Å². The number of nitrogens with zero attached hydrogens (tertiary/aromatic N) is 1. The first-order valence-corrected chi connectivity index (χ1v) is 7.17. The van der Waals surface area contributed by atoms with Gasteiger partial charge in [0.15, 0.2) is 0 Å². The lowest BCUT2D eigenvalue weighted by atomic mass is 9.92. The van der Waals surface area contributed by atoms with Gasteiger partial charge in [-0.25, -0.2) is 0 Å². The van der Waals surface area contributed by atoms with E-state index < -0.39 is 0 Å². The maximum Gasteiger partial charge on any atom is 0.253 e. The van der Waals surface area contributed by atoms with Gasteiger partial charge in [-0.1, -0.05) is 22.0 Å². The largest absolute Gasteiger partial charge is 0.338 e. The molecule has 2 rings (SSSR count). The van der Waals surface area contributed by atoms with Gasteiger partial charge in [0.1, 0.15) is 0 Å². The summed E-state index contributed by atoms with van der Waals surface area (Å²) in [6.45, 7) is 3.65. The maximum atomic E-state index is 12.4. The molecule has 1 aromatic rings. The molecule has 2 unspecified atom stereocenters. The number of carbonyl (C=O) groups excluding carboxylic acids is 1. The fourth-order valence-corrected chi connectivity index (χ4v) is 2.83. The van der Waals surface area contributed by atoms with Gasteiger partial charge in [0, 0.05) is 29.2 Å². The summed E-state index contributed by atoms with van der Waals surface area (Å²) in [7, 11) is 0. The molecule has 5 heteroatoms. The number of amides is 1. The third kappa shape index (κ3) is 4.20. The van der Waals surface area contributed by atoms with Gasteiger partial charge in [-0.3, -0.25) is 4.79 Å². The number of nitrogens with two attached hydrogens (primary N) is 1. The Morgan fingerprint density at radius 2 is 2.26 bits per heavy atom. The second-order valence-electron chi connectivity index (χ2n) is 5.02. The topological polar surface area (TPSA) is 46.3 Å². The standard InChI is InChI=1S/C14H19BrN2O.ClH/c1-10(16)12-5-3-7-17(9-12)14(18)11-4-2-6-13(15)8-11;/h2,4,6,8,10,12H,3,5,7,9,16H2,1H3;1H. The Morgan fingerprint density at radius 1 is 1.53 bits per heavy atom. The van der Waals surface area contributed by atoms with Crippen molar-refractivity contribution in [2.24, 2.45) is 11.7 Å². The molecule has 1 fully saturated rings. The van der Waals surface area contributed by atoms with Gasteiger partial charge >= 0.3 is 0 Å². The van der Waals surface area contributed by atoms with Crippen LogP contribution >= 0.6 is 28.3 Å². The number of benzene rings is 1. The lowest BCUT2D eigenvalue weighted by Gasteiger charge is -2.34. The highest BCUT2D eigenvalue weighted by Gasteiger charge is 2.26. The van der Waals surface area contributed by atoms with Crippen LogP contribution in [0.3, 0.4) is 0 Å². The van der Waals surface area contributed by atoms with Crippen molar-refractivity contribution in [3.8, 4) is 0 Å². The van der Waals surface area contributed by atoms with Crippen LogP contribution < -0.4 is 5.73 Å². The van der Waals surface area contributed by atoms with E-state index in [4.69, 9.17) is 5.73 Å². The van der Waals surface area contributed by atoms with Crippen LogP contribution in [0.25, 0.3) is 0 Å². The van der Waals surface area contributed by atoms with E-state index in [1.54, 1.807) is 0 Å². The second kappa shape index (κ2) is 7.27. The Morgan fingerprint density at radius 3 is 2.89 bits per heavy atom. The number of carbonyl (C=O) groups is 1. The zero-order valence-corrected chi connectivity index (χ0v) is 13.4. The number of likely N-dealkylation sites (tertiary alicyclic amines) is 1. The Kier molecular flexibility index (Phi) is 6.30. The van der Waals surface area contributed by atoms with Crippen molar-refractivity contribution < 1.29 is 4.79 Å². The Balaban J connectivity index is 0.00000180. The van der Waals surface area contributed by atoms with Gasteiger partial charge in [-0.15, -0.1) is 12.4 Å². The number of hydrogen-bond acceptors (Lipinski definition) is 2. The maximum absolute atomic E-state index is 12.4. The third-order valence-corrected chi connectivity index (χ3v) is 4.05. The highest BCUT2D eigenvalue weighted by atomic mass is 79.9. The molecule has 0 radical (unpaired) electrons. The molecule has 1 aromatic carbocycles. The molecule has 0 aromatic heterocycles. The SMILES string of the molecule is CC(N)C1CCCN(C(=O)c2cccc(Br)c2)C1.Cl. The van der Waals surface area contributed by atoms with Gasteiger partial charge in [0.05, 0.1) is 0 Å². The molecular weight excluding hydrogens is 328 g/mol. The summed E-state index contributed by atoms with van der Waals surface area (Å²) in [5.41, 5.74) is 6.69. The molecule has 0 saturated carbocycles. The fourth-order valence-electron chi connectivity index (χ4n) is 2.43. The van der Waals surface area contributed by atoms with Crippen LogP contribution in [0, 0.1) is 5.92 Å². The quantitative estimate of drug-likeness (QED) is 0.893. The van der Waals surface area contributed by atoms with E-state index in [0.29, 0.717) is 5.92 Å². The minimum absolute atomic E-state index is 0. The van der Waals surface area contributed by atoms with Gasteiger partial charge in [-0.2, -0.15) is 0 Å². The predicted octanol–water partition coefficient (Wildman–Crippen LogP) is 3.07. The second-order valence-corrected chi connectivity index (χ2v) is 5.94. The summed E-state index contributed by atoms with van der Waals surface area (Å²) in [6.07, 6.45) is 2.17. The minimum atomic E-state index is 0. The summed E-state index contributed by atoms with van der Waals surface area (Å²) >= 11 is 3.40. The first-order chi connectivity index (χ1) is 8.58. The molecule has 1 saturated heterocycles. The zero-order valence-electron chi connectivity index (χ0n) is 11.0. The zero-order chi connectivity index (χ0) is 13.1. The lowest BCUT2D eigenvalue weighted by Crippen LogP contribution is -2.45. The van der Waals surface area contributed by atoms with Crippen molar-refractivity contribution >= 4 is 34.2 Å². The van der Waals surface area contributed by atoms with Crippen molar-refractivity contribution in [1.29, 1.82) is 0 Å². The predicted molar refractivity (Wildman–Crippen MR) is 83.7 cm³/mol. The fraction of sp³-hybridized carbons (Fsp3) is 0.500. The molecular formula is C14H20BrClN2O. The van der Waals surface area contributed by atoms with E-state index in [-0.39, 0.29) is 24.4 Å². The number of hydrogen-bond donors (Lipinski definition) is 1. The molecule has 19 heavy (non-hydrogen) atoms. The van der Waals surface area contributed by atoms with Crippen LogP contribution in [0.4, 0.5) is 0 Å². The van der Waals surface area contributed by atoms with E-state index in [9.17, 15) is 4.79 Å². The first-order valence-electron chi connectivity index (χ1n) is 6.38. The molecule has 1 aliphatic heterocycles. The van der Waals surface area contributed by atoms with Crippen molar-refractivity contribution in [3.63, 3.8) is 0 Å². The van der Waals surface area contributed by atoms with E-state index in [1.165, 1.54) is 0 Å². The summed E-state index contributed by atoms with van der Waals surface area (Å²) < 4.78 is 0.939. The molecule has 0 spiro atoms. The van der Waals surface area contributed by atoms with Crippen molar-refractivity contribution in [2.45, 2.75) is 25.8 Å². The van der Waals surface area contributed by atoms with Crippen LogP contribution in [-0.4, -0.2) is 29.9 Å². The monoisotopic (exact) mass is 346 g/mol.